The molecule has 270 valence electrons. The van der Waals surface area contributed by atoms with E-state index in [0.717, 1.165) is 114 Å². The van der Waals surface area contributed by atoms with Gasteiger partial charge in [0.15, 0.2) is 0 Å². The molecule has 47 heavy (non-hydrogen) atoms. The van der Waals surface area contributed by atoms with Crippen molar-refractivity contribution in [3.63, 3.8) is 0 Å². The maximum atomic E-state index is 12.6. The maximum Gasteiger partial charge on any atom is 0.330 e. The molecule has 0 aliphatic rings. The molecule has 6 heteroatoms. The minimum Gasteiger partial charge on any atom is -0.463 e. The zero-order chi connectivity index (χ0) is 35.5. The van der Waals surface area contributed by atoms with Gasteiger partial charge in [0.1, 0.15) is 6.10 Å². The Morgan fingerprint density at radius 3 is 1.40 bits per heavy atom. The van der Waals surface area contributed by atoms with E-state index in [1.165, 1.54) is 11.1 Å². The summed E-state index contributed by atoms with van der Waals surface area (Å²) in [4.78, 5) is 36.8. The number of ether oxygens (including phenoxy) is 3. The molecule has 0 aromatic heterocycles. The van der Waals surface area contributed by atoms with E-state index in [9.17, 15) is 14.4 Å². The number of rotatable bonds is 26. The first-order chi connectivity index (χ1) is 22.2. The fourth-order valence-corrected chi connectivity index (χ4v) is 5.08. The highest BCUT2D eigenvalue weighted by molar-refractivity contribution is 5.83. The third kappa shape index (κ3) is 31.7. The van der Waals surface area contributed by atoms with Crippen molar-refractivity contribution in [3.8, 4) is 0 Å². The Morgan fingerprint density at radius 2 is 1.00 bits per heavy atom. The molecule has 0 amide bonds. The minimum atomic E-state index is -0.256. The number of hydrogen-bond donors (Lipinski definition) is 0. The van der Waals surface area contributed by atoms with Crippen LogP contribution in [0.4, 0.5) is 0 Å². The molecule has 0 spiro atoms. The Bertz CT molecular complexity index is 935. The molecule has 0 rings (SSSR count). The molecular weight excluding hydrogens is 588 g/mol. The van der Waals surface area contributed by atoms with Crippen molar-refractivity contribution < 1.29 is 28.6 Å². The van der Waals surface area contributed by atoms with Crippen molar-refractivity contribution >= 4 is 17.9 Å². The Morgan fingerprint density at radius 1 is 0.574 bits per heavy atom. The molecule has 0 N–H and O–H groups in total. The molecule has 0 bridgehead atoms. The van der Waals surface area contributed by atoms with Gasteiger partial charge in [-0.25, -0.2) is 9.59 Å². The first-order valence-corrected chi connectivity index (χ1v) is 18.3. The first-order valence-electron chi connectivity index (χ1n) is 18.3. The van der Waals surface area contributed by atoms with Crippen molar-refractivity contribution in [2.45, 2.75) is 178 Å². The van der Waals surface area contributed by atoms with Crippen LogP contribution >= 0.6 is 0 Å². The second-order valence-corrected chi connectivity index (χ2v) is 14.9. The lowest BCUT2D eigenvalue weighted by atomic mass is 9.90. The van der Waals surface area contributed by atoms with Gasteiger partial charge in [0, 0.05) is 18.6 Å². The molecule has 0 aromatic rings. The topological polar surface area (TPSA) is 78.9 Å². The molecule has 0 radical (unpaired) electrons. The van der Waals surface area contributed by atoms with Gasteiger partial charge in [0.05, 0.1) is 13.2 Å². The van der Waals surface area contributed by atoms with Gasteiger partial charge >= 0.3 is 17.9 Å². The number of esters is 3. The van der Waals surface area contributed by atoms with E-state index in [-0.39, 0.29) is 29.4 Å². The van der Waals surface area contributed by atoms with Crippen molar-refractivity contribution in [2.24, 2.45) is 5.41 Å². The summed E-state index contributed by atoms with van der Waals surface area (Å²) in [7, 11) is 0. The summed E-state index contributed by atoms with van der Waals surface area (Å²) >= 11 is 0. The third-order valence-corrected chi connectivity index (χ3v) is 7.85. The van der Waals surface area contributed by atoms with Crippen LogP contribution in [0.15, 0.2) is 46.6 Å². The monoisotopic (exact) mass is 659 g/mol. The molecule has 0 heterocycles. The average molecular weight is 659 g/mol. The van der Waals surface area contributed by atoms with E-state index in [1.807, 2.05) is 13.8 Å². The van der Waals surface area contributed by atoms with Gasteiger partial charge in [-0.2, -0.15) is 0 Å². The van der Waals surface area contributed by atoms with E-state index in [2.05, 4.69) is 60.6 Å². The SMILES string of the molecule is CC(C)=CCCC(C)=CC(=O)OCCCCCCC(CCCCCCOC(=O)C=C(C)CCC=C(C)C)OC(=O)CCCC(C)(C)C. The lowest BCUT2D eigenvalue weighted by molar-refractivity contribution is -0.150. The van der Waals surface area contributed by atoms with E-state index < -0.39 is 0 Å². The van der Waals surface area contributed by atoms with Crippen LogP contribution in [0, 0.1) is 5.41 Å². The first kappa shape index (κ1) is 44.4. The molecule has 0 unspecified atom stereocenters. The number of allylic oxidation sites excluding steroid dienone is 6. The largest absolute Gasteiger partial charge is 0.463 e. The zero-order valence-electron chi connectivity index (χ0n) is 31.8. The summed E-state index contributed by atoms with van der Waals surface area (Å²) in [6.07, 6.45) is 22.8. The predicted octanol–water partition coefficient (Wildman–Crippen LogP) is 11.5. The molecule has 0 fully saturated rings. The van der Waals surface area contributed by atoms with Gasteiger partial charge in [-0.05, 0) is 124 Å². The summed E-state index contributed by atoms with van der Waals surface area (Å²) in [5.74, 6) is -0.602. The average Bonchev–Trinajstić information content (AvgIpc) is 2.94. The standard InChI is InChI=1S/C41H70O6/c1-33(2)21-18-23-35(5)31-39(43)45-29-16-12-10-14-25-37(47-38(42)27-20-28-41(7,8)9)26-15-11-13-17-30-46-40(44)32-36(6)24-19-22-34(3)4/h21-22,31-32,37H,10-20,23-30H2,1-9H3. The van der Waals surface area contributed by atoms with E-state index in [4.69, 9.17) is 14.2 Å². The number of unbranched alkanes of at least 4 members (excludes halogenated alkanes) is 6. The highest BCUT2D eigenvalue weighted by atomic mass is 16.5. The number of carbonyl (C=O) groups is 3. The van der Waals surface area contributed by atoms with Gasteiger partial charge in [0.25, 0.3) is 0 Å². The summed E-state index contributed by atoms with van der Waals surface area (Å²) < 4.78 is 16.7. The number of carbonyl (C=O) groups excluding carboxylic acids is 3. The highest BCUT2D eigenvalue weighted by Crippen LogP contribution is 2.23. The van der Waals surface area contributed by atoms with Crippen molar-refractivity contribution in [1.82, 2.24) is 0 Å². The van der Waals surface area contributed by atoms with E-state index in [1.54, 1.807) is 12.2 Å². The summed E-state index contributed by atoms with van der Waals surface area (Å²) in [5, 5.41) is 0. The minimum absolute atomic E-state index is 0.0632. The maximum absolute atomic E-state index is 12.6. The molecule has 0 atom stereocenters. The normalized spacial score (nSPS) is 12.7. The van der Waals surface area contributed by atoms with Crippen LogP contribution in [0.3, 0.4) is 0 Å². The Labute approximate surface area is 288 Å². The molecule has 0 aromatic carbocycles. The van der Waals surface area contributed by atoms with Crippen LogP contribution in [0.1, 0.15) is 171 Å². The molecule has 6 nitrogen and oxygen atoms in total. The van der Waals surface area contributed by atoms with Gasteiger partial charge in [-0.1, -0.05) is 80.9 Å². The van der Waals surface area contributed by atoms with Crippen LogP contribution in [0.5, 0.6) is 0 Å². The van der Waals surface area contributed by atoms with Gasteiger partial charge < -0.3 is 14.2 Å². The zero-order valence-corrected chi connectivity index (χ0v) is 31.8. The highest BCUT2D eigenvalue weighted by Gasteiger charge is 2.16. The molecule has 0 aliphatic carbocycles. The number of hydrogen-bond acceptors (Lipinski definition) is 6. The van der Waals surface area contributed by atoms with Crippen LogP contribution < -0.4 is 0 Å². The smallest absolute Gasteiger partial charge is 0.330 e. The summed E-state index contributed by atoms with van der Waals surface area (Å²) in [6.45, 7) is 19.7. The van der Waals surface area contributed by atoms with Crippen LogP contribution in [-0.2, 0) is 28.6 Å². The fraction of sp³-hybridized carbons (Fsp3) is 0.732. The molecule has 0 saturated carbocycles. The third-order valence-electron chi connectivity index (χ3n) is 7.85. The van der Waals surface area contributed by atoms with Gasteiger partial charge in [-0.15, -0.1) is 0 Å². The molecule has 0 aliphatic heterocycles. The van der Waals surface area contributed by atoms with E-state index in [0.29, 0.717) is 19.6 Å². The Balaban J connectivity index is 4.44. The van der Waals surface area contributed by atoms with Crippen molar-refractivity contribution in [3.05, 3.63) is 46.6 Å². The summed E-state index contributed by atoms with van der Waals surface area (Å²) in [6, 6.07) is 0. The lowest BCUT2D eigenvalue weighted by Gasteiger charge is -2.20. The predicted molar refractivity (Wildman–Crippen MR) is 196 cm³/mol. The molecule has 0 saturated heterocycles. The van der Waals surface area contributed by atoms with Crippen LogP contribution in [-0.4, -0.2) is 37.2 Å². The second-order valence-electron chi connectivity index (χ2n) is 14.9. The van der Waals surface area contributed by atoms with Crippen LogP contribution in [0.2, 0.25) is 0 Å². The Kier molecular flexibility index (Phi) is 25.8. The summed E-state index contributed by atoms with van der Waals surface area (Å²) in [5.41, 5.74) is 4.87. The van der Waals surface area contributed by atoms with Gasteiger partial charge in [0.2, 0.25) is 0 Å². The fourth-order valence-electron chi connectivity index (χ4n) is 5.08. The van der Waals surface area contributed by atoms with Crippen molar-refractivity contribution in [1.29, 1.82) is 0 Å². The van der Waals surface area contributed by atoms with Gasteiger partial charge in [-0.3, -0.25) is 4.79 Å². The lowest BCUT2D eigenvalue weighted by Crippen LogP contribution is -2.19. The molecular formula is C41H70O6. The van der Waals surface area contributed by atoms with Crippen molar-refractivity contribution in [2.75, 3.05) is 13.2 Å². The second kappa shape index (κ2) is 27.3. The van der Waals surface area contributed by atoms with E-state index >= 15 is 0 Å². The Hall–Kier alpha value is -2.63. The quantitative estimate of drug-likeness (QED) is 0.0302. The van der Waals surface area contributed by atoms with Crippen LogP contribution in [0.25, 0.3) is 0 Å².